The minimum atomic E-state index is -0.878. The van der Waals surface area contributed by atoms with E-state index in [-0.39, 0.29) is 18.6 Å². The van der Waals surface area contributed by atoms with Gasteiger partial charge in [0.15, 0.2) is 5.78 Å². The van der Waals surface area contributed by atoms with Gasteiger partial charge in [-0.1, -0.05) is 54.6 Å². The summed E-state index contributed by atoms with van der Waals surface area (Å²) >= 11 is 0. The van der Waals surface area contributed by atoms with Gasteiger partial charge < -0.3 is 10.8 Å². The average Bonchev–Trinajstić information content (AvgIpc) is 2.48. The molecular formula is C16H15NO4. The van der Waals surface area contributed by atoms with Gasteiger partial charge in [0.25, 0.3) is 0 Å². The molecular weight excluding hydrogens is 270 g/mol. The van der Waals surface area contributed by atoms with Crippen LogP contribution in [-0.2, 0) is 16.0 Å². The first-order valence-electron chi connectivity index (χ1n) is 6.14. The van der Waals surface area contributed by atoms with Crippen LogP contribution in [0.25, 0.3) is 0 Å². The van der Waals surface area contributed by atoms with E-state index < -0.39 is 5.97 Å². The Kier molecular flexibility index (Phi) is 6.34. The van der Waals surface area contributed by atoms with Gasteiger partial charge in [-0.3, -0.25) is 14.4 Å². The molecule has 5 nitrogen and oxygen atoms in total. The molecule has 3 N–H and O–H groups in total. The van der Waals surface area contributed by atoms with E-state index in [1.807, 2.05) is 18.2 Å². The molecule has 0 aliphatic rings. The number of amides is 1. The van der Waals surface area contributed by atoms with Gasteiger partial charge in [0.05, 0.1) is 6.42 Å². The highest BCUT2D eigenvalue weighted by Crippen LogP contribution is 2.11. The van der Waals surface area contributed by atoms with E-state index in [0.29, 0.717) is 16.7 Å². The fourth-order valence-electron chi connectivity index (χ4n) is 1.70. The second-order valence-electron chi connectivity index (χ2n) is 4.10. The molecule has 21 heavy (non-hydrogen) atoms. The number of aliphatic carboxylic acids is 1. The molecule has 2 aromatic rings. The number of nitrogens with two attached hydrogens (primary N) is 1. The fraction of sp³-hybridized carbons (Fsp3) is 0.0625. The molecule has 0 spiro atoms. The molecule has 2 rings (SSSR count). The zero-order valence-corrected chi connectivity index (χ0v) is 11.2. The first kappa shape index (κ1) is 16.1. The first-order valence-corrected chi connectivity index (χ1v) is 6.14. The summed E-state index contributed by atoms with van der Waals surface area (Å²) in [5.74, 6) is -0.936. The Bertz CT molecular complexity index is 606. The molecule has 5 heteroatoms. The average molecular weight is 285 g/mol. The molecule has 0 atom stereocenters. The normalized spacial score (nSPS) is 9.14. The number of carbonyl (C=O) groups excluding carboxylic acids is 2. The van der Waals surface area contributed by atoms with Gasteiger partial charge in [-0.25, -0.2) is 0 Å². The molecule has 0 saturated heterocycles. The lowest BCUT2D eigenvalue weighted by molar-refractivity contribution is -0.136. The maximum atomic E-state index is 12.1. The summed E-state index contributed by atoms with van der Waals surface area (Å²) < 4.78 is 0. The van der Waals surface area contributed by atoms with Crippen LogP contribution in [0.5, 0.6) is 0 Å². The molecule has 2 aromatic carbocycles. The Balaban J connectivity index is 0.000000677. The Hall–Kier alpha value is -2.95. The number of carboxylic acid groups (broad SMARTS) is 1. The summed E-state index contributed by atoms with van der Waals surface area (Å²) in [5, 5.41) is 8.66. The lowest BCUT2D eigenvalue weighted by atomic mass is 10.0. The largest absolute Gasteiger partial charge is 0.481 e. The van der Waals surface area contributed by atoms with Crippen LogP contribution >= 0.6 is 0 Å². The number of ketones is 1. The number of carboxylic acids is 1. The van der Waals surface area contributed by atoms with E-state index in [0.717, 1.165) is 0 Å². The summed E-state index contributed by atoms with van der Waals surface area (Å²) in [7, 11) is 0. The van der Waals surface area contributed by atoms with Gasteiger partial charge in [0, 0.05) is 11.1 Å². The first-order chi connectivity index (χ1) is 10.1. The fourth-order valence-corrected chi connectivity index (χ4v) is 1.70. The predicted molar refractivity (Wildman–Crippen MR) is 77.9 cm³/mol. The highest BCUT2D eigenvalue weighted by molar-refractivity contribution is 6.08. The van der Waals surface area contributed by atoms with Gasteiger partial charge >= 0.3 is 5.97 Å². The number of hydrogen-bond acceptors (Lipinski definition) is 3. The Labute approximate surface area is 122 Å². The molecule has 0 saturated carbocycles. The summed E-state index contributed by atoms with van der Waals surface area (Å²) in [6.45, 7) is 0. The Morgan fingerprint density at radius 3 is 1.90 bits per heavy atom. The second kappa shape index (κ2) is 8.27. The van der Waals surface area contributed by atoms with Crippen molar-refractivity contribution in [3.8, 4) is 0 Å². The molecule has 0 aromatic heterocycles. The maximum Gasteiger partial charge on any atom is 0.307 e. The van der Waals surface area contributed by atoms with Crippen LogP contribution in [-0.4, -0.2) is 23.3 Å². The van der Waals surface area contributed by atoms with Crippen molar-refractivity contribution in [3.05, 3.63) is 71.3 Å². The lowest BCUT2D eigenvalue weighted by Crippen LogP contribution is -2.03. The predicted octanol–water partition coefficient (Wildman–Crippen LogP) is 1.65. The van der Waals surface area contributed by atoms with E-state index in [2.05, 4.69) is 5.73 Å². The van der Waals surface area contributed by atoms with Gasteiger partial charge in [-0.05, 0) is 5.56 Å². The van der Waals surface area contributed by atoms with Gasteiger partial charge in [0.1, 0.15) is 0 Å². The van der Waals surface area contributed by atoms with Gasteiger partial charge in [-0.15, -0.1) is 0 Å². The molecule has 0 aliphatic carbocycles. The number of primary amides is 1. The van der Waals surface area contributed by atoms with Crippen LogP contribution in [0.3, 0.4) is 0 Å². The molecule has 0 aliphatic heterocycles. The summed E-state index contributed by atoms with van der Waals surface area (Å²) in [5.41, 5.74) is 6.05. The highest BCUT2D eigenvalue weighted by Gasteiger charge is 2.08. The van der Waals surface area contributed by atoms with E-state index in [9.17, 15) is 9.59 Å². The zero-order valence-electron chi connectivity index (χ0n) is 11.2. The smallest absolute Gasteiger partial charge is 0.307 e. The monoisotopic (exact) mass is 285 g/mol. The van der Waals surface area contributed by atoms with Crippen molar-refractivity contribution in [2.24, 2.45) is 5.73 Å². The van der Waals surface area contributed by atoms with Gasteiger partial charge in [-0.2, -0.15) is 0 Å². The third kappa shape index (κ3) is 5.28. The summed E-state index contributed by atoms with van der Waals surface area (Å²) in [4.78, 5) is 31.2. The SMILES string of the molecule is NC=O.O=C(O)Cc1ccc(C(=O)c2ccccc2)cc1. The number of benzene rings is 2. The van der Waals surface area contributed by atoms with Crippen molar-refractivity contribution in [3.63, 3.8) is 0 Å². The van der Waals surface area contributed by atoms with E-state index in [1.54, 1.807) is 36.4 Å². The number of carbonyl (C=O) groups is 3. The molecule has 0 bridgehead atoms. The topological polar surface area (TPSA) is 97.5 Å². The molecule has 0 radical (unpaired) electrons. The molecule has 0 fully saturated rings. The van der Waals surface area contributed by atoms with E-state index >= 15 is 0 Å². The number of hydrogen-bond donors (Lipinski definition) is 2. The van der Waals surface area contributed by atoms with Gasteiger partial charge in [0.2, 0.25) is 6.41 Å². The Morgan fingerprint density at radius 2 is 1.43 bits per heavy atom. The summed E-state index contributed by atoms with van der Waals surface area (Å²) in [6, 6.07) is 15.7. The highest BCUT2D eigenvalue weighted by atomic mass is 16.4. The van der Waals surface area contributed by atoms with Crippen LogP contribution in [0.2, 0.25) is 0 Å². The van der Waals surface area contributed by atoms with Crippen LogP contribution in [0.4, 0.5) is 0 Å². The van der Waals surface area contributed by atoms with Crippen molar-refractivity contribution < 1.29 is 19.5 Å². The van der Waals surface area contributed by atoms with Crippen molar-refractivity contribution in [1.29, 1.82) is 0 Å². The van der Waals surface area contributed by atoms with E-state index in [4.69, 9.17) is 9.90 Å². The lowest BCUT2D eigenvalue weighted by Gasteiger charge is -2.02. The second-order valence-corrected chi connectivity index (χ2v) is 4.10. The van der Waals surface area contributed by atoms with Crippen LogP contribution in [0.1, 0.15) is 21.5 Å². The van der Waals surface area contributed by atoms with Crippen LogP contribution < -0.4 is 5.73 Å². The third-order valence-electron chi connectivity index (χ3n) is 2.61. The molecule has 0 heterocycles. The standard InChI is InChI=1S/C15H12O3.CH3NO/c16-14(17)10-11-6-8-13(9-7-11)15(18)12-4-2-1-3-5-12;2-1-3/h1-9H,10H2,(H,16,17);1H,(H2,2,3). The quantitative estimate of drug-likeness (QED) is 0.659. The Morgan fingerprint density at radius 1 is 0.952 bits per heavy atom. The molecule has 1 amide bonds. The number of rotatable bonds is 4. The van der Waals surface area contributed by atoms with Crippen LogP contribution in [0.15, 0.2) is 54.6 Å². The zero-order chi connectivity index (χ0) is 15.7. The molecule has 0 unspecified atom stereocenters. The third-order valence-corrected chi connectivity index (χ3v) is 2.61. The van der Waals surface area contributed by atoms with Crippen molar-refractivity contribution in [2.45, 2.75) is 6.42 Å². The minimum absolute atomic E-state index is 0.0280. The molecule has 108 valence electrons. The maximum absolute atomic E-state index is 12.1. The van der Waals surface area contributed by atoms with Crippen molar-refractivity contribution in [2.75, 3.05) is 0 Å². The van der Waals surface area contributed by atoms with Crippen molar-refractivity contribution in [1.82, 2.24) is 0 Å². The van der Waals surface area contributed by atoms with E-state index in [1.165, 1.54) is 0 Å². The van der Waals surface area contributed by atoms with Crippen LogP contribution in [0, 0.1) is 0 Å². The minimum Gasteiger partial charge on any atom is -0.481 e. The summed E-state index contributed by atoms with van der Waals surface area (Å²) in [6.07, 6.45) is 0.222. The van der Waals surface area contributed by atoms with Crippen molar-refractivity contribution >= 4 is 18.2 Å².